The Labute approximate surface area is 109 Å². The van der Waals surface area contributed by atoms with Crippen molar-refractivity contribution in [1.29, 1.82) is 0 Å². The highest BCUT2D eigenvalue weighted by atomic mass is 35.5. The van der Waals surface area contributed by atoms with Crippen LogP contribution in [-0.4, -0.2) is 22.4 Å². The number of carbonyl (C=O) groups is 1. The third-order valence-electron chi connectivity index (χ3n) is 2.27. The molecule has 0 saturated carbocycles. The lowest BCUT2D eigenvalue weighted by Gasteiger charge is -2.03. The van der Waals surface area contributed by atoms with E-state index in [0.717, 1.165) is 0 Å². The highest BCUT2D eigenvalue weighted by Crippen LogP contribution is 2.18. The molecule has 0 aliphatic heterocycles. The lowest BCUT2D eigenvalue weighted by Crippen LogP contribution is -2.07. The van der Waals surface area contributed by atoms with Crippen LogP contribution in [0.1, 0.15) is 17.4 Å². The molecule has 18 heavy (non-hydrogen) atoms. The number of nitrogens with two attached hydrogens (primary N) is 1. The largest absolute Gasteiger partial charge is 0.461 e. The number of nitrogen functional groups attached to an aromatic ring is 1. The standard InChI is InChI=1S/C12H12ClN3O2/c1-2-18-12(17)10-7-11(14)16(15-10)9-5-3-4-8(13)6-9/h3-7H,2,14H2,1H3. The van der Waals surface area contributed by atoms with Gasteiger partial charge in [-0.1, -0.05) is 17.7 Å². The van der Waals surface area contributed by atoms with E-state index >= 15 is 0 Å². The molecule has 1 aromatic carbocycles. The van der Waals surface area contributed by atoms with Gasteiger partial charge in [-0.05, 0) is 25.1 Å². The fourth-order valence-corrected chi connectivity index (χ4v) is 1.70. The van der Waals surface area contributed by atoms with Crippen LogP contribution in [0.5, 0.6) is 0 Å². The maximum atomic E-state index is 11.5. The van der Waals surface area contributed by atoms with Crippen LogP contribution in [0.25, 0.3) is 5.69 Å². The first-order chi connectivity index (χ1) is 8.61. The summed E-state index contributed by atoms with van der Waals surface area (Å²) in [7, 11) is 0. The van der Waals surface area contributed by atoms with E-state index in [0.29, 0.717) is 23.1 Å². The van der Waals surface area contributed by atoms with Crippen LogP contribution in [0, 0.1) is 0 Å². The summed E-state index contributed by atoms with van der Waals surface area (Å²) < 4.78 is 6.30. The lowest BCUT2D eigenvalue weighted by molar-refractivity contribution is 0.0519. The maximum Gasteiger partial charge on any atom is 0.358 e. The minimum Gasteiger partial charge on any atom is -0.461 e. The van der Waals surface area contributed by atoms with Crippen molar-refractivity contribution in [3.05, 3.63) is 41.0 Å². The third kappa shape index (κ3) is 2.46. The van der Waals surface area contributed by atoms with Gasteiger partial charge in [0.25, 0.3) is 0 Å². The van der Waals surface area contributed by atoms with Gasteiger partial charge in [-0.25, -0.2) is 9.48 Å². The summed E-state index contributed by atoms with van der Waals surface area (Å²) in [6.45, 7) is 2.03. The van der Waals surface area contributed by atoms with Gasteiger partial charge in [0.15, 0.2) is 5.69 Å². The molecular formula is C12H12ClN3O2. The van der Waals surface area contributed by atoms with Gasteiger partial charge < -0.3 is 10.5 Å². The summed E-state index contributed by atoms with van der Waals surface area (Å²) in [6.07, 6.45) is 0. The van der Waals surface area contributed by atoms with Crippen molar-refractivity contribution in [3.63, 3.8) is 0 Å². The quantitative estimate of drug-likeness (QED) is 0.865. The van der Waals surface area contributed by atoms with E-state index in [1.54, 1.807) is 31.2 Å². The predicted octanol–water partition coefficient (Wildman–Crippen LogP) is 2.28. The molecule has 0 spiro atoms. The van der Waals surface area contributed by atoms with E-state index in [4.69, 9.17) is 22.1 Å². The number of rotatable bonds is 3. The van der Waals surface area contributed by atoms with E-state index < -0.39 is 5.97 Å². The second-order valence-electron chi connectivity index (χ2n) is 3.57. The van der Waals surface area contributed by atoms with Crippen molar-refractivity contribution in [2.45, 2.75) is 6.92 Å². The van der Waals surface area contributed by atoms with Gasteiger partial charge in [0.2, 0.25) is 0 Å². The fourth-order valence-electron chi connectivity index (χ4n) is 1.52. The summed E-state index contributed by atoms with van der Waals surface area (Å²) in [5.74, 6) is -0.148. The molecule has 0 unspecified atom stereocenters. The Bertz CT molecular complexity index is 580. The van der Waals surface area contributed by atoms with E-state index in [1.807, 2.05) is 0 Å². The van der Waals surface area contributed by atoms with Crippen LogP contribution < -0.4 is 5.73 Å². The molecular weight excluding hydrogens is 254 g/mol. The first kappa shape index (κ1) is 12.4. The number of benzene rings is 1. The molecule has 0 atom stereocenters. The molecule has 2 rings (SSSR count). The molecule has 0 saturated heterocycles. The highest BCUT2D eigenvalue weighted by Gasteiger charge is 2.14. The third-order valence-corrected chi connectivity index (χ3v) is 2.51. The first-order valence-corrected chi connectivity index (χ1v) is 5.78. The highest BCUT2D eigenvalue weighted by molar-refractivity contribution is 6.30. The Morgan fingerprint density at radius 1 is 1.50 bits per heavy atom. The van der Waals surface area contributed by atoms with E-state index in [2.05, 4.69) is 5.10 Å². The summed E-state index contributed by atoms with van der Waals surface area (Å²) in [5, 5.41) is 4.67. The van der Waals surface area contributed by atoms with Crippen molar-refractivity contribution in [1.82, 2.24) is 9.78 Å². The number of carbonyl (C=O) groups excluding carboxylic acids is 1. The molecule has 0 fully saturated rings. The molecule has 94 valence electrons. The zero-order valence-electron chi connectivity index (χ0n) is 9.76. The summed E-state index contributed by atoms with van der Waals surface area (Å²) >= 11 is 5.89. The molecule has 5 nitrogen and oxygen atoms in total. The van der Waals surface area contributed by atoms with E-state index in [9.17, 15) is 4.79 Å². The van der Waals surface area contributed by atoms with Crippen molar-refractivity contribution in [2.75, 3.05) is 12.3 Å². The van der Waals surface area contributed by atoms with Crippen molar-refractivity contribution < 1.29 is 9.53 Å². The summed E-state index contributed by atoms with van der Waals surface area (Å²) in [5.41, 5.74) is 6.67. The van der Waals surface area contributed by atoms with Crippen LogP contribution in [-0.2, 0) is 4.74 Å². The van der Waals surface area contributed by atoms with Crippen LogP contribution in [0.3, 0.4) is 0 Å². The molecule has 2 aromatic rings. The summed E-state index contributed by atoms with van der Waals surface area (Å²) in [6, 6.07) is 8.50. The number of anilines is 1. The Morgan fingerprint density at radius 3 is 2.94 bits per heavy atom. The number of aromatic nitrogens is 2. The Hall–Kier alpha value is -2.01. The second kappa shape index (κ2) is 5.10. The first-order valence-electron chi connectivity index (χ1n) is 5.40. The second-order valence-corrected chi connectivity index (χ2v) is 4.00. The molecule has 0 bridgehead atoms. The predicted molar refractivity (Wildman–Crippen MR) is 68.9 cm³/mol. The zero-order valence-corrected chi connectivity index (χ0v) is 10.5. The van der Waals surface area contributed by atoms with Gasteiger partial charge in [0.1, 0.15) is 5.82 Å². The monoisotopic (exact) mass is 265 g/mol. The normalized spacial score (nSPS) is 10.3. The summed E-state index contributed by atoms with van der Waals surface area (Å²) in [4.78, 5) is 11.5. The number of ether oxygens (including phenoxy) is 1. The van der Waals surface area contributed by atoms with E-state index in [1.165, 1.54) is 10.7 Å². The molecule has 1 aromatic heterocycles. The van der Waals surface area contributed by atoms with Crippen molar-refractivity contribution in [3.8, 4) is 5.69 Å². The van der Waals surface area contributed by atoms with Gasteiger partial charge in [-0.15, -0.1) is 0 Å². The number of halogens is 1. The van der Waals surface area contributed by atoms with Crippen molar-refractivity contribution in [2.24, 2.45) is 0 Å². The maximum absolute atomic E-state index is 11.5. The topological polar surface area (TPSA) is 70.1 Å². The van der Waals surface area contributed by atoms with Crippen LogP contribution in [0.4, 0.5) is 5.82 Å². The number of esters is 1. The van der Waals surface area contributed by atoms with Crippen LogP contribution >= 0.6 is 11.6 Å². The Balaban J connectivity index is 2.38. The van der Waals surface area contributed by atoms with Gasteiger partial charge in [0.05, 0.1) is 12.3 Å². The molecule has 0 aliphatic rings. The van der Waals surface area contributed by atoms with E-state index in [-0.39, 0.29) is 5.69 Å². The Kier molecular flexibility index (Phi) is 3.53. The van der Waals surface area contributed by atoms with Gasteiger partial charge in [-0.3, -0.25) is 0 Å². The molecule has 6 heteroatoms. The number of nitrogens with zero attached hydrogens (tertiary/aromatic N) is 2. The number of hydrogen-bond donors (Lipinski definition) is 1. The fraction of sp³-hybridized carbons (Fsp3) is 0.167. The number of hydrogen-bond acceptors (Lipinski definition) is 4. The Morgan fingerprint density at radius 2 is 2.28 bits per heavy atom. The molecule has 2 N–H and O–H groups in total. The lowest BCUT2D eigenvalue weighted by atomic mass is 10.3. The molecule has 0 radical (unpaired) electrons. The molecule has 0 aliphatic carbocycles. The molecule has 0 amide bonds. The van der Waals surface area contributed by atoms with Crippen LogP contribution in [0.2, 0.25) is 5.02 Å². The van der Waals surface area contributed by atoms with Gasteiger partial charge in [0, 0.05) is 11.1 Å². The minimum absolute atomic E-state index is 0.175. The van der Waals surface area contributed by atoms with Gasteiger partial charge in [-0.2, -0.15) is 5.10 Å². The smallest absolute Gasteiger partial charge is 0.358 e. The van der Waals surface area contributed by atoms with Crippen molar-refractivity contribution >= 4 is 23.4 Å². The molecule has 1 heterocycles. The average Bonchev–Trinajstić information content (AvgIpc) is 2.72. The zero-order chi connectivity index (χ0) is 13.1. The minimum atomic E-state index is -0.495. The average molecular weight is 266 g/mol. The van der Waals surface area contributed by atoms with Gasteiger partial charge >= 0.3 is 5.97 Å². The SMILES string of the molecule is CCOC(=O)c1cc(N)n(-c2cccc(Cl)c2)n1. The van der Waals surface area contributed by atoms with Crippen LogP contribution in [0.15, 0.2) is 30.3 Å².